The fourth-order valence-electron chi connectivity index (χ4n) is 3.12. The maximum Gasteiger partial charge on any atom is 0.209 e. The summed E-state index contributed by atoms with van der Waals surface area (Å²) in [5.74, 6) is 1.42. The van der Waals surface area contributed by atoms with Crippen molar-refractivity contribution in [2.45, 2.75) is 44.9 Å². The van der Waals surface area contributed by atoms with Gasteiger partial charge in [-0.05, 0) is 57.5 Å². The predicted octanol–water partition coefficient (Wildman–Crippen LogP) is 3.73. The summed E-state index contributed by atoms with van der Waals surface area (Å²) in [5.41, 5.74) is 0.255. The third kappa shape index (κ3) is 3.35. The Bertz CT molecular complexity index is 631. The molecule has 1 unspecified atom stereocenters. The normalized spacial score (nSPS) is 19.7. The van der Waals surface area contributed by atoms with Gasteiger partial charge >= 0.3 is 0 Å². The molecule has 0 amide bonds. The van der Waals surface area contributed by atoms with Gasteiger partial charge in [0.25, 0.3) is 0 Å². The maximum absolute atomic E-state index is 10.3. The predicted molar refractivity (Wildman–Crippen MR) is 86.7 cm³/mol. The summed E-state index contributed by atoms with van der Waals surface area (Å²) >= 11 is 5.90. The van der Waals surface area contributed by atoms with Crippen molar-refractivity contribution in [1.29, 1.82) is 0 Å². The van der Waals surface area contributed by atoms with Crippen molar-refractivity contribution in [2.75, 3.05) is 6.54 Å². The highest BCUT2D eigenvalue weighted by atomic mass is 35.5. The first-order chi connectivity index (χ1) is 10.4. The van der Waals surface area contributed by atoms with E-state index in [4.69, 9.17) is 16.0 Å². The number of aliphatic hydroxyl groups is 1. The smallest absolute Gasteiger partial charge is 0.209 e. The molecule has 1 atom stereocenters. The molecule has 1 aliphatic heterocycles. The standard InChI is InChI=1S/C17H21ClN2O2/c1-17(2,21)15-4-3-9-20(15)11-16-19-10-14(22-16)12-5-7-13(18)8-6-12/h5-8,10,15,21H,3-4,9,11H2,1-2H3. The van der Waals surface area contributed by atoms with Gasteiger partial charge in [-0.2, -0.15) is 0 Å². The van der Waals surface area contributed by atoms with Crippen LogP contribution in [0.5, 0.6) is 0 Å². The molecule has 0 radical (unpaired) electrons. The number of hydrogen-bond acceptors (Lipinski definition) is 4. The van der Waals surface area contributed by atoms with E-state index >= 15 is 0 Å². The van der Waals surface area contributed by atoms with Crippen LogP contribution >= 0.6 is 11.6 Å². The zero-order valence-corrected chi connectivity index (χ0v) is 13.7. The van der Waals surface area contributed by atoms with Crippen LogP contribution in [0, 0.1) is 0 Å². The molecule has 22 heavy (non-hydrogen) atoms. The third-order valence-corrected chi connectivity index (χ3v) is 4.45. The number of rotatable bonds is 4. The van der Waals surface area contributed by atoms with Gasteiger partial charge in [-0.15, -0.1) is 0 Å². The lowest BCUT2D eigenvalue weighted by Crippen LogP contribution is -2.45. The monoisotopic (exact) mass is 320 g/mol. The topological polar surface area (TPSA) is 49.5 Å². The molecule has 2 heterocycles. The number of likely N-dealkylation sites (tertiary alicyclic amines) is 1. The number of hydrogen-bond donors (Lipinski definition) is 1. The highest BCUT2D eigenvalue weighted by Gasteiger charge is 2.36. The molecule has 1 fully saturated rings. The van der Waals surface area contributed by atoms with Gasteiger partial charge in [-0.25, -0.2) is 4.98 Å². The quantitative estimate of drug-likeness (QED) is 0.932. The van der Waals surface area contributed by atoms with Crippen molar-refractivity contribution in [3.8, 4) is 11.3 Å². The van der Waals surface area contributed by atoms with E-state index in [2.05, 4.69) is 9.88 Å². The van der Waals surface area contributed by atoms with Gasteiger partial charge in [0, 0.05) is 16.6 Å². The van der Waals surface area contributed by atoms with Crippen LogP contribution in [0.2, 0.25) is 5.02 Å². The van der Waals surface area contributed by atoms with Gasteiger partial charge in [0.2, 0.25) is 5.89 Å². The number of oxazole rings is 1. The largest absolute Gasteiger partial charge is 0.439 e. The molecule has 5 heteroatoms. The van der Waals surface area contributed by atoms with Crippen molar-refractivity contribution in [2.24, 2.45) is 0 Å². The van der Waals surface area contributed by atoms with Crippen LogP contribution < -0.4 is 0 Å². The minimum atomic E-state index is -0.706. The molecular weight excluding hydrogens is 300 g/mol. The lowest BCUT2D eigenvalue weighted by molar-refractivity contribution is -0.00721. The van der Waals surface area contributed by atoms with E-state index in [9.17, 15) is 5.11 Å². The van der Waals surface area contributed by atoms with Crippen molar-refractivity contribution < 1.29 is 9.52 Å². The maximum atomic E-state index is 10.3. The molecule has 0 aliphatic carbocycles. The van der Waals surface area contributed by atoms with Crippen LogP contribution in [0.15, 0.2) is 34.9 Å². The molecule has 0 spiro atoms. The third-order valence-electron chi connectivity index (χ3n) is 4.20. The highest BCUT2D eigenvalue weighted by Crippen LogP contribution is 2.29. The van der Waals surface area contributed by atoms with Crippen LogP contribution in [-0.2, 0) is 6.54 Å². The van der Waals surface area contributed by atoms with Gasteiger partial charge in [-0.1, -0.05) is 11.6 Å². The molecule has 0 saturated carbocycles. The Balaban J connectivity index is 1.73. The van der Waals surface area contributed by atoms with Crippen molar-refractivity contribution >= 4 is 11.6 Å². The van der Waals surface area contributed by atoms with Crippen LogP contribution in [-0.4, -0.2) is 33.2 Å². The van der Waals surface area contributed by atoms with E-state index in [-0.39, 0.29) is 6.04 Å². The second-order valence-electron chi connectivity index (χ2n) is 6.41. The van der Waals surface area contributed by atoms with E-state index in [1.165, 1.54) is 0 Å². The Hall–Kier alpha value is -1.36. The second kappa shape index (κ2) is 6.03. The Morgan fingerprint density at radius 3 is 2.77 bits per heavy atom. The minimum absolute atomic E-state index is 0.151. The van der Waals surface area contributed by atoms with Crippen LogP contribution in [0.1, 0.15) is 32.6 Å². The highest BCUT2D eigenvalue weighted by molar-refractivity contribution is 6.30. The lowest BCUT2D eigenvalue weighted by Gasteiger charge is -2.33. The van der Waals surface area contributed by atoms with Crippen molar-refractivity contribution in [3.63, 3.8) is 0 Å². The number of benzene rings is 1. The Labute approximate surface area is 135 Å². The first kappa shape index (κ1) is 15.5. The summed E-state index contributed by atoms with van der Waals surface area (Å²) < 4.78 is 5.86. The number of halogens is 1. The Kier molecular flexibility index (Phi) is 4.26. The van der Waals surface area contributed by atoms with E-state index in [0.29, 0.717) is 17.5 Å². The summed E-state index contributed by atoms with van der Waals surface area (Å²) in [6, 6.07) is 7.66. The number of nitrogens with zero attached hydrogens (tertiary/aromatic N) is 2. The SMILES string of the molecule is CC(C)(O)C1CCCN1Cc1ncc(-c2ccc(Cl)cc2)o1. The molecule has 4 nitrogen and oxygen atoms in total. The molecule has 1 N–H and O–H groups in total. The summed E-state index contributed by atoms with van der Waals surface area (Å²) in [5, 5.41) is 11.0. The summed E-state index contributed by atoms with van der Waals surface area (Å²) in [4.78, 5) is 6.62. The van der Waals surface area contributed by atoms with Gasteiger partial charge in [0.05, 0.1) is 18.3 Å². The number of aromatic nitrogens is 1. The molecule has 1 aromatic heterocycles. The van der Waals surface area contributed by atoms with Crippen LogP contribution in [0.4, 0.5) is 0 Å². The summed E-state index contributed by atoms with van der Waals surface area (Å²) in [6.07, 6.45) is 3.85. The fraction of sp³-hybridized carbons (Fsp3) is 0.471. The Morgan fingerprint density at radius 2 is 2.09 bits per heavy atom. The molecule has 0 bridgehead atoms. The molecular formula is C17H21ClN2O2. The summed E-state index contributed by atoms with van der Waals surface area (Å²) in [6.45, 7) is 5.32. The fourth-order valence-corrected chi connectivity index (χ4v) is 3.25. The van der Waals surface area contributed by atoms with E-state index in [1.54, 1.807) is 6.20 Å². The molecule has 118 valence electrons. The van der Waals surface area contributed by atoms with Crippen LogP contribution in [0.25, 0.3) is 11.3 Å². The van der Waals surface area contributed by atoms with Crippen molar-refractivity contribution in [3.05, 3.63) is 41.4 Å². The van der Waals surface area contributed by atoms with E-state index in [0.717, 1.165) is 30.7 Å². The Morgan fingerprint density at radius 1 is 1.36 bits per heavy atom. The molecule has 1 saturated heterocycles. The molecule has 3 rings (SSSR count). The zero-order valence-electron chi connectivity index (χ0n) is 12.9. The van der Waals surface area contributed by atoms with Crippen molar-refractivity contribution in [1.82, 2.24) is 9.88 Å². The summed E-state index contributed by atoms with van der Waals surface area (Å²) in [7, 11) is 0. The van der Waals surface area contributed by atoms with Gasteiger partial charge in [0.15, 0.2) is 5.76 Å². The zero-order chi connectivity index (χ0) is 15.7. The van der Waals surface area contributed by atoms with Gasteiger partial charge < -0.3 is 9.52 Å². The van der Waals surface area contributed by atoms with E-state index in [1.807, 2.05) is 38.1 Å². The average molecular weight is 321 g/mol. The van der Waals surface area contributed by atoms with Gasteiger partial charge in [0.1, 0.15) is 0 Å². The lowest BCUT2D eigenvalue weighted by atomic mass is 9.97. The first-order valence-electron chi connectivity index (χ1n) is 7.60. The molecule has 1 aromatic carbocycles. The molecule has 2 aromatic rings. The average Bonchev–Trinajstić information content (AvgIpc) is 3.09. The minimum Gasteiger partial charge on any atom is -0.439 e. The van der Waals surface area contributed by atoms with E-state index < -0.39 is 5.60 Å². The molecule has 1 aliphatic rings. The van der Waals surface area contributed by atoms with Gasteiger partial charge in [-0.3, -0.25) is 4.90 Å². The first-order valence-corrected chi connectivity index (χ1v) is 7.98. The second-order valence-corrected chi connectivity index (χ2v) is 6.84. The van der Waals surface area contributed by atoms with Crippen LogP contribution in [0.3, 0.4) is 0 Å².